The summed E-state index contributed by atoms with van der Waals surface area (Å²) in [7, 11) is 0. The van der Waals surface area contributed by atoms with Crippen molar-refractivity contribution in [2.75, 3.05) is 0 Å². The lowest BCUT2D eigenvalue weighted by molar-refractivity contribution is -0.138. The topological polar surface area (TPSA) is 0 Å². The van der Waals surface area contributed by atoms with E-state index in [1.165, 1.54) is 12.1 Å². The molecule has 0 radical (unpaired) electrons. The van der Waals surface area contributed by atoms with Gasteiger partial charge in [-0.05, 0) is 30.7 Å². The average Bonchev–Trinajstić information content (AvgIpc) is 2.01. The van der Waals surface area contributed by atoms with Gasteiger partial charge in [-0.1, -0.05) is 11.6 Å². The van der Waals surface area contributed by atoms with Gasteiger partial charge in [0.15, 0.2) is 0 Å². The van der Waals surface area contributed by atoms with Crippen molar-refractivity contribution in [2.24, 2.45) is 0 Å². The summed E-state index contributed by atoms with van der Waals surface area (Å²) in [5.41, 5.74) is -0.572. The smallest absolute Gasteiger partial charge is 0.171 e. The van der Waals surface area contributed by atoms with Gasteiger partial charge in [-0.25, -0.2) is 0 Å². The van der Waals surface area contributed by atoms with Gasteiger partial charge in [-0.15, -0.1) is 0 Å². The maximum atomic E-state index is 12.5. The lowest BCUT2D eigenvalue weighted by Crippen LogP contribution is -2.09. The summed E-state index contributed by atoms with van der Waals surface area (Å²) in [5, 5.41) is -0.209. The minimum atomic E-state index is -4.35. The van der Waals surface area contributed by atoms with Crippen LogP contribution in [0.3, 0.4) is 0 Å². The number of halogens is 4. The van der Waals surface area contributed by atoms with E-state index in [2.05, 4.69) is 12.6 Å². The number of hydrogen-bond donors (Lipinski definition) is 1. The first-order chi connectivity index (χ1) is 6.32. The molecule has 0 aliphatic rings. The largest absolute Gasteiger partial charge is 0.416 e. The molecule has 14 heavy (non-hydrogen) atoms. The summed E-state index contributed by atoms with van der Waals surface area (Å²) in [6.45, 7) is 1.57. The highest BCUT2D eigenvalue weighted by atomic mass is 35.5. The van der Waals surface area contributed by atoms with Gasteiger partial charge in [-0.3, -0.25) is 0 Å². The van der Waals surface area contributed by atoms with Gasteiger partial charge in [0, 0.05) is 10.3 Å². The Balaban J connectivity index is 3.29. The molecule has 0 amide bonds. The van der Waals surface area contributed by atoms with Crippen LogP contribution < -0.4 is 0 Å². The summed E-state index contributed by atoms with van der Waals surface area (Å²) in [6, 6.07) is 3.50. The van der Waals surface area contributed by atoms with E-state index in [4.69, 9.17) is 11.6 Å². The van der Waals surface area contributed by atoms with Crippen LogP contribution >= 0.6 is 24.2 Å². The van der Waals surface area contributed by atoms with Crippen molar-refractivity contribution in [3.8, 4) is 0 Å². The van der Waals surface area contributed by atoms with E-state index < -0.39 is 17.0 Å². The Kier molecular flexibility index (Phi) is 3.37. The molecule has 1 unspecified atom stereocenters. The van der Waals surface area contributed by atoms with E-state index in [1.54, 1.807) is 6.92 Å². The van der Waals surface area contributed by atoms with Crippen molar-refractivity contribution in [2.45, 2.75) is 18.3 Å². The Labute approximate surface area is 90.5 Å². The zero-order chi connectivity index (χ0) is 10.9. The van der Waals surface area contributed by atoms with Crippen LogP contribution in [0.2, 0.25) is 5.02 Å². The van der Waals surface area contributed by atoms with Crippen LogP contribution in [0.4, 0.5) is 13.2 Å². The summed E-state index contributed by atoms with van der Waals surface area (Å²) in [5.74, 6) is 0. The normalized spacial score (nSPS) is 14.1. The second kappa shape index (κ2) is 4.03. The molecule has 0 saturated carbocycles. The molecule has 78 valence electrons. The van der Waals surface area contributed by atoms with Crippen molar-refractivity contribution >= 4 is 24.2 Å². The van der Waals surface area contributed by atoms with Crippen LogP contribution in [0.15, 0.2) is 18.2 Å². The molecular formula is C9H8ClF3S. The number of alkyl halides is 3. The fourth-order valence-electron chi connectivity index (χ4n) is 1.14. The summed E-state index contributed by atoms with van der Waals surface area (Å²) >= 11 is 9.59. The van der Waals surface area contributed by atoms with E-state index in [1.807, 2.05) is 0 Å². The molecule has 0 aromatic heterocycles. The van der Waals surface area contributed by atoms with E-state index in [0.29, 0.717) is 0 Å². The third-order valence-corrected chi connectivity index (χ3v) is 2.28. The lowest BCUT2D eigenvalue weighted by Gasteiger charge is -2.14. The van der Waals surface area contributed by atoms with Gasteiger partial charge in [0.1, 0.15) is 0 Å². The standard InChI is InChI=1S/C9H8ClF3S/c1-5(14)7-4-6(10)2-3-8(7)9(11,12)13/h2-5,14H,1H3. The fourth-order valence-corrected chi connectivity index (χ4v) is 1.53. The molecule has 1 aromatic rings. The Hall–Kier alpha value is -0.350. The van der Waals surface area contributed by atoms with Crippen LogP contribution in [-0.2, 0) is 6.18 Å². The van der Waals surface area contributed by atoms with Gasteiger partial charge in [-0.2, -0.15) is 25.8 Å². The predicted octanol–water partition coefficient (Wildman–Crippen LogP) is 4.35. The second-order valence-corrected chi connectivity index (χ2v) is 4.12. The van der Waals surface area contributed by atoms with Gasteiger partial charge < -0.3 is 0 Å². The molecule has 0 aliphatic heterocycles. The van der Waals surface area contributed by atoms with Crippen molar-refractivity contribution in [3.63, 3.8) is 0 Å². The molecule has 0 nitrogen and oxygen atoms in total. The maximum absolute atomic E-state index is 12.5. The average molecular weight is 241 g/mol. The molecular weight excluding hydrogens is 233 g/mol. The lowest BCUT2D eigenvalue weighted by atomic mass is 10.0. The first kappa shape index (κ1) is 11.7. The number of hydrogen-bond acceptors (Lipinski definition) is 1. The number of thiol groups is 1. The van der Waals surface area contributed by atoms with Gasteiger partial charge in [0.25, 0.3) is 0 Å². The van der Waals surface area contributed by atoms with Crippen LogP contribution in [0, 0.1) is 0 Å². The van der Waals surface area contributed by atoms with Crippen LogP contribution in [-0.4, -0.2) is 0 Å². The molecule has 0 aliphatic carbocycles. The van der Waals surface area contributed by atoms with Gasteiger partial charge >= 0.3 is 6.18 Å². The molecule has 0 fully saturated rings. The second-order valence-electron chi connectivity index (χ2n) is 2.91. The van der Waals surface area contributed by atoms with E-state index in [-0.39, 0.29) is 10.6 Å². The van der Waals surface area contributed by atoms with Gasteiger partial charge in [0.2, 0.25) is 0 Å². The molecule has 0 N–H and O–H groups in total. The SMILES string of the molecule is CC(S)c1cc(Cl)ccc1C(F)(F)F. The minimum Gasteiger partial charge on any atom is -0.171 e. The Morgan fingerprint density at radius 1 is 1.36 bits per heavy atom. The first-order valence-electron chi connectivity index (χ1n) is 3.87. The quantitative estimate of drug-likeness (QED) is 0.694. The Morgan fingerprint density at radius 2 is 1.93 bits per heavy atom. The summed E-state index contributed by atoms with van der Waals surface area (Å²) < 4.78 is 37.4. The van der Waals surface area contributed by atoms with Crippen molar-refractivity contribution in [1.29, 1.82) is 0 Å². The minimum absolute atomic E-state index is 0.105. The summed E-state index contributed by atoms with van der Waals surface area (Å²) in [6.07, 6.45) is -4.35. The Bertz CT molecular complexity index is 333. The molecule has 0 spiro atoms. The van der Waals surface area contributed by atoms with E-state index >= 15 is 0 Å². The first-order valence-corrected chi connectivity index (χ1v) is 4.76. The molecule has 1 aromatic carbocycles. The third-order valence-electron chi connectivity index (χ3n) is 1.77. The zero-order valence-corrected chi connectivity index (χ0v) is 8.92. The highest BCUT2D eigenvalue weighted by Gasteiger charge is 2.33. The van der Waals surface area contributed by atoms with Crippen molar-refractivity contribution in [3.05, 3.63) is 34.3 Å². The van der Waals surface area contributed by atoms with Crippen LogP contribution in [0.5, 0.6) is 0 Å². The Morgan fingerprint density at radius 3 is 2.36 bits per heavy atom. The number of benzene rings is 1. The number of rotatable bonds is 1. The molecule has 0 bridgehead atoms. The van der Waals surface area contributed by atoms with E-state index in [9.17, 15) is 13.2 Å². The highest BCUT2D eigenvalue weighted by molar-refractivity contribution is 7.80. The molecule has 0 heterocycles. The molecule has 0 saturated heterocycles. The predicted molar refractivity (Wildman–Crippen MR) is 53.9 cm³/mol. The van der Waals surface area contributed by atoms with Crippen molar-refractivity contribution in [1.82, 2.24) is 0 Å². The molecule has 1 rings (SSSR count). The van der Waals surface area contributed by atoms with E-state index in [0.717, 1.165) is 6.07 Å². The van der Waals surface area contributed by atoms with Crippen molar-refractivity contribution < 1.29 is 13.2 Å². The third kappa shape index (κ3) is 2.58. The summed E-state index contributed by atoms with van der Waals surface area (Å²) in [4.78, 5) is 0. The zero-order valence-electron chi connectivity index (χ0n) is 7.27. The molecule has 1 atom stereocenters. The molecule has 5 heteroatoms. The fraction of sp³-hybridized carbons (Fsp3) is 0.333. The van der Waals surface area contributed by atoms with Crippen LogP contribution in [0.1, 0.15) is 23.3 Å². The van der Waals surface area contributed by atoms with Gasteiger partial charge in [0.05, 0.1) is 5.56 Å². The van der Waals surface area contributed by atoms with Crippen LogP contribution in [0.25, 0.3) is 0 Å². The monoisotopic (exact) mass is 240 g/mol. The maximum Gasteiger partial charge on any atom is 0.416 e. The highest BCUT2D eigenvalue weighted by Crippen LogP contribution is 2.37.